The summed E-state index contributed by atoms with van der Waals surface area (Å²) in [5.41, 5.74) is 2.13. The van der Waals surface area contributed by atoms with Gasteiger partial charge in [-0.2, -0.15) is 0 Å². The summed E-state index contributed by atoms with van der Waals surface area (Å²) in [5, 5.41) is 5.81. The van der Waals surface area contributed by atoms with Crippen molar-refractivity contribution in [2.45, 2.75) is 90.3 Å². The number of pyridine rings is 1. The number of ether oxygens (including phenoxy) is 1. The van der Waals surface area contributed by atoms with Crippen LogP contribution in [-0.4, -0.2) is 61.9 Å². The molecule has 0 radical (unpaired) electrons. The number of amides is 1. The molecule has 10 nitrogen and oxygen atoms in total. The van der Waals surface area contributed by atoms with Crippen molar-refractivity contribution in [3.63, 3.8) is 0 Å². The van der Waals surface area contributed by atoms with Gasteiger partial charge in [-0.3, -0.25) is 9.30 Å². The molecule has 2 heterocycles. The maximum absolute atomic E-state index is 13.4. The number of benzene rings is 2. The maximum atomic E-state index is 13.4. The van der Waals surface area contributed by atoms with Gasteiger partial charge in [0.2, 0.25) is 10.0 Å². The lowest BCUT2D eigenvalue weighted by Gasteiger charge is -2.37. The lowest BCUT2D eigenvalue weighted by atomic mass is 9.84. The maximum Gasteiger partial charge on any atom is 0.408 e. The number of rotatable bonds is 13. The summed E-state index contributed by atoms with van der Waals surface area (Å²) in [7, 11) is -2.11. The van der Waals surface area contributed by atoms with Crippen molar-refractivity contribution in [1.29, 1.82) is 0 Å². The molecule has 1 aliphatic heterocycles. The van der Waals surface area contributed by atoms with Crippen LogP contribution in [0.5, 0.6) is 0 Å². The van der Waals surface area contributed by atoms with E-state index in [1.54, 1.807) is 33.3 Å². The van der Waals surface area contributed by atoms with Gasteiger partial charge in [0.1, 0.15) is 17.2 Å². The second kappa shape index (κ2) is 14.8. The normalized spacial score (nSPS) is 19.9. The number of anilines is 2. The molecule has 2 N–H and O–H groups in total. The first-order valence-electron chi connectivity index (χ1n) is 17.4. The van der Waals surface area contributed by atoms with E-state index >= 15 is 0 Å². The fourth-order valence-corrected chi connectivity index (χ4v) is 7.14. The van der Waals surface area contributed by atoms with Gasteiger partial charge in [0, 0.05) is 31.4 Å². The molecule has 2 aliphatic rings. The Kier molecular flexibility index (Phi) is 11.0. The van der Waals surface area contributed by atoms with Gasteiger partial charge in [-0.1, -0.05) is 67.6 Å². The molecule has 1 aliphatic carbocycles. The van der Waals surface area contributed by atoms with Gasteiger partial charge in [-0.25, -0.2) is 18.2 Å². The molecule has 2 aromatic carbocycles. The van der Waals surface area contributed by atoms with E-state index in [2.05, 4.69) is 34.6 Å². The number of nitrogens with zero attached hydrogens (tertiary/aromatic N) is 4. The first kappa shape index (κ1) is 36.9. The lowest BCUT2D eigenvalue weighted by molar-refractivity contribution is 0.0456. The average molecular weight is 701 g/mol. The zero-order valence-corrected chi connectivity index (χ0v) is 31.4. The Labute approximate surface area is 298 Å². The number of alkyl carbamates (subject to hydrolysis) is 1. The smallest absolute Gasteiger partial charge is 0.408 e. The minimum absolute atomic E-state index is 0.328. The van der Waals surface area contributed by atoms with Gasteiger partial charge in [0.25, 0.3) is 0 Å². The summed E-state index contributed by atoms with van der Waals surface area (Å²) in [6.07, 6.45) is 4.74. The summed E-state index contributed by atoms with van der Waals surface area (Å²) in [5.74, 6) is 2.17. The standard InChI is InChI=1S/C39H52N6O4S/c1-27(2)50(47,48)44(8)35-20-31(21-36(42-35)45(25-32-19-28(32)3)24-30-17-13-10-14-18-30)33-22-34(41-26-40-33)39(7,23-29-15-11-9-12-16-29)43-37(46)49-38(4,5)6/h9-18,20-22,26-28,32,34H,19,23-25H2,1-8H3,(H,40,41)(H,43,46)/t28?,32?,34?,39-/m1/s1. The summed E-state index contributed by atoms with van der Waals surface area (Å²) < 4.78 is 33.9. The largest absolute Gasteiger partial charge is 0.444 e. The van der Waals surface area contributed by atoms with Crippen LogP contribution in [0, 0.1) is 11.8 Å². The number of carbonyl (C=O) groups is 1. The highest BCUT2D eigenvalue weighted by Crippen LogP contribution is 2.40. The van der Waals surface area contributed by atoms with Crippen molar-refractivity contribution >= 4 is 39.8 Å². The number of hydrogen-bond acceptors (Lipinski definition) is 8. The second-order valence-electron chi connectivity index (χ2n) is 15.1. The Morgan fingerprint density at radius 1 is 1.00 bits per heavy atom. The monoisotopic (exact) mass is 700 g/mol. The van der Waals surface area contributed by atoms with Crippen molar-refractivity contribution in [3.8, 4) is 0 Å². The molecule has 5 rings (SSSR count). The van der Waals surface area contributed by atoms with Gasteiger partial charge >= 0.3 is 6.09 Å². The van der Waals surface area contributed by atoms with Gasteiger partial charge in [-0.15, -0.1) is 0 Å². The van der Waals surface area contributed by atoms with Gasteiger partial charge in [-0.05, 0) is 95.6 Å². The fourth-order valence-electron chi connectivity index (χ4n) is 6.15. The highest BCUT2D eigenvalue weighted by Gasteiger charge is 2.38. The molecule has 50 heavy (non-hydrogen) atoms. The molecule has 11 heteroatoms. The third-order valence-corrected chi connectivity index (χ3v) is 11.5. The predicted molar refractivity (Wildman–Crippen MR) is 203 cm³/mol. The molecule has 0 spiro atoms. The molecule has 4 atom stereocenters. The number of aliphatic imine (C=N–C) groups is 1. The van der Waals surface area contributed by atoms with Gasteiger partial charge in [0.05, 0.1) is 23.2 Å². The minimum Gasteiger partial charge on any atom is -0.444 e. The van der Waals surface area contributed by atoms with Gasteiger partial charge in [0.15, 0.2) is 0 Å². The van der Waals surface area contributed by atoms with Crippen LogP contribution in [0.3, 0.4) is 0 Å². The number of sulfonamides is 1. The van der Waals surface area contributed by atoms with E-state index in [9.17, 15) is 13.2 Å². The summed E-state index contributed by atoms with van der Waals surface area (Å²) in [4.78, 5) is 25.3. The lowest BCUT2D eigenvalue weighted by Crippen LogP contribution is -2.56. The molecule has 0 saturated heterocycles. The molecular formula is C39H52N6O4S. The first-order chi connectivity index (χ1) is 23.5. The molecule has 1 amide bonds. The molecule has 1 aromatic heterocycles. The van der Waals surface area contributed by atoms with Crippen molar-refractivity contribution < 1.29 is 17.9 Å². The van der Waals surface area contributed by atoms with Gasteiger partial charge < -0.3 is 20.3 Å². The average Bonchev–Trinajstić information content (AvgIpc) is 3.77. The quantitative estimate of drug-likeness (QED) is 0.202. The van der Waals surface area contributed by atoms with Crippen molar-refractivity contribution in [2.75, 3.05) is 22.8 Å². The molecule has 1 fully saturated rings. The first-order valence-corrected chi connectivity index (χ1v) is 18.9. The highest BCUT2D eigenvalue weighted by molar-refractivity contribution is 7.93. The highest BCUT2D eigenvalue weighted by atomic mass is 32.2. The third-order valence-electron chi connectivity index (χ3n) is 9.31. The Morgan fingerprint density at radius 3 is 2.18 bits per heavy atom. The van der Waals surface area contributed by atoms with E-state index in [1.807, 2.05) is 88.4 Å². The van der Waals surface area contributed by atoms with E-state index < -0.39 is 38.5 Å². The van der Waals surface area contributed by atoms with E-state index in [1.165, 1.54) is 4.31 Å². The zero-order valence-electron chi connectivity index (χ0n) is 30.6. The van der Waals surface area contributed by atoms with Crippen LogP contribution >= 0.6 is 0 Å². The molecule has 3 unspecified atom stereocenters. The van der Waals surface area contributed by atoms with Crippen LogP contribution in [0.25, 0.3) is 5.70 Å². The predicted octanol–water partition coefficient (Wildman–Crippen LogP) is 6.79. The Hall–Kier alpha value is -4.38. The Morgan fingerprint density at radius 2 is 1.60 bits per heavy atom. The summed E-state index contributed by atoms with van der Waals surface area (Å²) in [6, 6.07) is 23.5. The zero-order chi connectivity index (χ0) is 36.3. The number of aromatic nitrogens is 1. The molecular weight excluding hydrogens is 649 g/mol. The van der Waals surface area contributed by atoms with Crippen LogP contribution in [0.15, 0.2) is 83.9 Å². The number of hydrogen-bond donors (Lipinski definition) is 2. The van der Waals surface area contributed by atoms with Crippen molar-refractivity contribution in [1.82, 2.24) is 15.6 Å². The molecule has 3 aromatic rings. The van der Waals surface area contributed by atoms with Crippen molar-refractivity contribution in [3.05, 3.63) is 95.6 Å². The SMILES string of the molecule is CC1CC1CN(Cc1ccccc1)c1cc(C2=CC([C@@](C)(Cc3ccccc3)NC(=O)OC(C)(C)C)N=CN2)cc(N(C)S(=O)(=O)C(C)C)n1. The van der Waals surface area contributed by atoms with E-state index in [-0.39, 0.29) is 0 Å². The third kappa shape index (κ3) is 9.24. The summed E-state index contributed by atoms with van der Waals surface area (Å²) in [6.45, 7) is 14.5. The Bertz CT molecular complexity index is 1810. The van der Waals surface area contributed by atoms with Crippen LogP contribution in [0.1, 0.15) is 71.6 Å². The number of nitrogens with one attached hydrogen (secondary N) is 2. The topological polar surface area (TPSA) is 116 Å². The van der Waals surface area contributed by atoms with Crippen LogP contribution < -0.4 is 19.8 Å². The fraction of sp³-hybridized carbons (Fsp3) is 0.462. The van der Waals surface area contributed by atoms with Crippen LogP contribution in [0.2, 0.25) is 0 Å². The number of carbonyl (C=O) groups excluding carboxylic acids is 1. The summed E-state index contributed by atoms with van der Waals surface area (Å²) >= 11 is 0. The molecule has 1 saturated carbocycles. The molecule has 268 valence electrons. The second-order valence-corrected chi connectivity index (χ2v) is 17.6. The van der Waals surface area contributed by atoms with Crippen LogP contribution in [-0.2, 0) is 27.7 Å². The molecule has 0 bridgehead atoms. The van der Waals surface area contributed by atoms with Crippen molar-refractivity contribution in [2.24, 2.45) is 16.8 Å². The van der Waals surface area contributed by atoms with E-state index in [4.69, 9.17) is 14.7 Å². The van der Waals surface area contributed by atoms with E-state index in [0.29, 0.717) is 36.4 Å². The Balaban J connectivity index is 1.58. The van der Waals surface area contributed by atoms with Crippen LogP contribution in [0.4, 0.5) is 16.4 Å². The minimum atomic E-state index is -3.67. The van der Waals surface area contributed by atoms with E-state index in [0.717, 1.165) is 35.4 Å².